The number of hydrogen-bond donors (Lipinski definition) is 0. The van der Waals surface area contributed by atoms with Crippen LogP contribution in [-0.4, -0.2) is 0 Å². The molecule has 0 amide bonds. The van der Waals surface area contributed by atoms with Crippen LogP contribution in [0.15, 0.2) is 97.1 Å². The van der Waals surface area contributed by atoms with Crippen LogP contribution in [0.5, 0.6) is 11.5 Å². The highest BCUT2D eigenvalue weighted by molar-refractivity contribution is 6.25. The third kappa shape index (κ3) is 2.12. The average molecular weight is 382 g/mol. The Balaban J connectivity index is 1.54. The molecule has 140 valence electrons. The molecule has 0 saturated carbocycles. The number of fused-ring (bicyclic) bond motifs is 2. The molecule has 30 heavy (non-hydrogen) atoms. The second kappa shape index (κ2) is 5.84. The Morgan fingerprint density at radius 1 is 0.500 bits per heavy atom. The third-order valence-electron chi connectivity index (χ3n) is 6.51. The molecule has 0 atom stereocenters. The second-order valence-electron chi connectivity index (χ2n) is 8.14. The van der Waals surface area contributed by atoms with E-state index in [2.05, 4.69) is 91.0 Å². The van der Waals surface area contributed by atoms with E-state index in [9.17, 15) is 0 Å². The number of benzene rings is 6. The van der Waals surface area contributed by atoms with Crippen molar-refractivity contribution in [1.82, 2.24) is 0 Å². The van der Waals surface area contributed by atoms with Crippen LogP contribution in [0.3, 0.4) is 0 Å². The first-order valence-corrected chi connectivity index (χ1v) is 10.4. The lowest BCUT2D eigenvalue weighted by Gasteiger charge is -2.23. The maximum atomic E-state index is 6.26. The molecule has 1 heterocycles. The van der Waals surface area contributed by atoms with Crippen molar-refractivity contribution in [2.45, 2.75) is 6.42 Å². The molecule has 0 N–H and O–H groups in total. The highest BCUT2D eigenvalue weighted by atomic mass is 16.5. The predicted octanol–water partition coefficient (Wildman–Crippen LogP) is 7.95. The number of rotatable bonds is 1. The molecule has 0 spiro atoms. The summed E-state index contributed by atoms with van der Waals surface area (Å²) >= 11 is 0. The topological polar surface area (TPSA) is 9.23 Å². The minimum absolute atomic E-state index is 0.893. The van der Waals surface area contributed by atoms with E-state index in [1.165, 1.54) is 54.6 Å². The number of hydrogen-bond acceptors (Lipinski definition) is 1. The molecular formula is C29H18O. The monoisotopic (exact) mass is 382 g/mol. The Hall–Kier alpha value is -3.84. The fourth-order valence-corrected chi connectivity index (χ4v) is 5.12. The Kier molecular flexibility index (Phi) is 3.12. The van der Waals surface area contributed by atoms with E-state index < -0.39 is 0 Å². The van der Waals surface area contributed by atoms with Crippen molar-refractivity contribution < 1.29 is 4.74 Å². The van der Waals surface area contributed by atoms with Crippen LogP contribution in [0, 0.1) is 0 Å². The first-order valence-electron chi connectivity index (χ1n) is 10.4. The normalized spacial score (nSPS) is 12.8. The third-order valence-corrected chi connectivity index (χ3v) is 6.51. The van der Waals surface area contributed by atoms with Crippen molar-refractivity contribution in [3.05, 3.63) is 108 Å². The zero-order valence-electron chi connectivity index (χ0n) is 16.4. The van der Waals surface area contributed by atoms with Gasteiger partial charge in [0.05, 0.1) is 0 Å². The molecule has 0 fully saturated rings. The van der Waals surface area contributed by atoms with E-state index in [0.717, 1.165) is 17.9 Å². The number of ether oxygens (including phenoxy) is 1. The first-order chi connectivity index (χ1) is 14.9. The second-order valence-corrected chi connectivity index (χ2v) is 8.14. The van der Waals surface area contributed by atoms with Crippen LogP contribution in [0.1, 0.15) is 11.1 Å². The molecule has 0 saturated heterocycles. The van der Waals surface area contributed by atoms with Crippen molar-refractivity contribution in [3.8, 4) is 22.6 Å². The highest BCUT2D eigenvalue weighted by Gasteiger charge is 2.21. The molecule has 6 aromatic rings. The van der Waals surface area contributed by atoms with Crippen LogP contribution < -0.4 is 4.74 Å². The molecule has 7 rings (SSSR count). The fourth-order valence-electron chi connectivity index (χ4n) is 5.12. The molecule has 1 aliphatic heterocycles. The molecule has 0 unspecified atom stereocenters. The Morgan fingerprint density at radius 2 is 1.20 bits per heavy atom. The summed E-state index contributed by atoms with van der Waals surface area (Å²) in [5.41, 5.74) is 5.06. The lowest BCUT2D eigenvalue weighted by molar-refractivity contribution is 0.460. The van der Waals surface area contributed by atoms with Crippen LogP contribution >= 0.6 is 0 Å². The molecular weight excluding hydrogens is 364 g/mol. The summed E-state index contributed by atoms with van der Waals surface area (Å²) in [5.74, 6) is 1.94. The average Bonchev–Trinajstić information content (AvgIpc) is 2.81. The largest absolute Gasteiger partial charge is 0.457 e. The van der Waals surface area contributed by atoms with E-state index in [4.69, 9.17) is 4.74 Å². The van der Waals surface area contributed by atoms with E-state index in [1.54, 1.807) is 0 Å². The summed E-state index contributed by atoms with van der Waals surface area (Å²) in [6, 6.07) is 34.9. The van der Waals surface area contributed by atoms with Gasteiger partial charge in [0.25, 0.3) is 0 Å². The summed E-state index contributed by atoms with van der Waals surface area (Å²) < 4.78 is 6.26. The van der Waals surface area contributed by atoms with Crippen LogP contribution in [0.25, 0.3) is 43.4 Å². The fraction of sp³-hybridized carbons (Fsp3) is 0.0345. The smallest absolute Gasteiger partial charge is 0.131 e. The van der Waals surface area contributed by atoms with Crippen LogP contribution in [-0.2, 0) is 6.42 Å². The minimum Gasteiger partial charge on any atom is -0.457 e. The standard InChI is InChI=1S/C29H18O/c1-2-9-26-21(5-1)17-25-22(8-4-10-27(25)30-26)23-15-13-20-12-11-18-6-3-7-19-14-16-24(23)29(20)28(18)19/h1-16H,17H2. The number of para-hydroxylation sites is 1. The van der Waals surface area contributed by atoms with Crippen LogP contribution in [0.4, 0.5) is 0 Å². The summed E-state index contributed by atoms with van der Waals surface area (Å²) in [5, 5.41) is 7.93. The van der Waals surface area contributed by atoms with Gasteiger partial charge in [-0.15, -0.1) is 0 Å². The van der Waals surface area contributed by atoms with Crippen molar-refractivity contribution >= 4 is 32.3 Å². The van der Waals surface area contributed by atoms with Crippen molar-refractivity contribution in [2.24, 2.45) is 0 Å². The minimum atomic E-state index is 0.893. The Bertz CT molecular complexity index is 1580. The molecule has 0 aromatic heterocycles. The molecule has 6 aromatic carbocycles. The Morgan fingerprint density at radius 3 is 2.10 bits per heavy atom. The lowest BCUT2D eigenvalue weighted by atomic mass is 9.86. The van der Waals surface area contributed by atoms with Gasteiger partial charge in [-0.05, 0) is 61.1 Å². The summed E-state index contributed by atoms with van der Waals surface area (Å²) in [4.78, 5) is 0. The predicted molar refractivity (Wildman–Crippen MR) is 125 cm³/mol. The van der Waals surface area contributed by atoms with E-state index in [1.807, 2.05) is 6.07 Å². The molecule has 0 radical (unpaired) electrons. The summed E-state index contributed by atoms with van der Waals surface area (Å²) in [6.45, 7) is 0. The molecule has 0 bridgehead atoms. The molecule has 1 nitrogen and oxygen atoms in total. The maximum absolute atomic E-state index is 6.26. The quantitative estimate of drug-likeness (QED) is 0.262. The van der Waals surface area contributed by atoms with Gasteiger partial charge >= 0.3 is 0 Å². The molecule has 0 aliphatic carbocycles. The highest BCUT2D eigenvalue weighted by Crippen LogP contribution is 2.44. The molecule has 1 aliphatic rings. The van der Waals surface area contributed by atoms with E-state index in [-0.39, 0.29) is 0 Å². The van der Waals surface area contributed by atoms with Gasteiger partial charge in [0.2, 0.25) is 0 Å². The van der Waals surface area contributed by atoms with Gasteiger partial charge in [-0.1, -0.05) is 84.9 Å². The van der Waals surface area contributed by atoms with E-state index >= 15 is 0 Å². The van der Waals surface area contributed by atoms with Crippen molar-refractivity contribution in [1.29, 1.82) is 0 Å². The zero-order chi connectivity index (χ0) is 19.7. The van der Waals surface area contributed by atoms with Crippen LogP contribution in [0.2, 0.25) is 0 Å². The van der Waals surface area contributed by atoms with Gasteiger partial charge < -0.3 is 4.74 Å². The first kappa shape index (κ1) is 16.0. The van der Waals surface area contributed by atoms with E-state index in [0.29, 0.717) is 0 Å². The van der Waals surface area contributed by atoms with Gasteiger partial charge in [0, 0.05) is 12.0 Å². The van der Waals surface area contributed by atoms with Gasteiger partial charge in [0.1, 0.15) is 11.5 Å². The lowest BCUT2D eigenvalue weighted by Crippen LogP contribution is -2.04. The SMILES string of the molecule is c1ccc2c(c1)Cc1c(cccc1-c1ccc3ccc4cccc5ccc1c3c45)O2. The van der Waals surface area contributed by atoms with Gasteiger partial charge in [-0.3, -0.25) is 0 Å². The van der Waals surface area contributed by atoms with Gasteiger partial charge in [-0.2, -0.15) is 0 Å². The zero-order valence-corrected chi connectivity index (χ0v) is 16.4. The summed E-state index contributed by atoms with van der Waals surface area (Å²) in [7, 11) is 0. The summed E-state index contributed by atoms with van der Waals surface area (Å²) in [6.07, 6.45) is 0.893. The molecule has 1 heteroatoms. The van der Waals surface area contributed by atoms with Crippen molar-refractivity contribution in [3.63, 3.8) is 0 Å². The van der Waals surface area contributed by atoms with Gasteiger partial charge in [0.15, 0.2) is 0 Å². The Labute approximate surface area is 174 Å². The maximum Gasteiger partial charge on any atom is 0.131 e. The van der Waals surface area contributed by atoms with Gasteiger partial charge in [-0.25, -0.2) is 0 Å². The van der Waals surface area contributed by atoms with Crippen molar-refractivity contribution in [2.75, 3.05) is 0 Å².